The summed E-state index contributed by atoms with van der Waals surface area (Å²) in [5.41, 5.74) is 5.77. The zero-order chi connectivity index (χ0) is 27.7. The molecule has 9 nitrogen and oxygen atoms in total. The molecule has 0 bridgehead atoms. The van der Waals surface area contributed by atoms with Crippen LogP contribution >= 0.6 is 7.75 Å². The third-order valence-electron chi connectivity index (χ3n) is 7.08. The number of fused-ring (bicyclic) bond motifs is 2. The first kappa shape index (κ1) is 26.8. The van der Waals surface area contributed by atoms with E-state index in [2.05, 4.69) is 0 Å². The number of hydrogen-bond acceptors (Lipinski definition) is 6. The number of hydrogen-bond donors (Lipinski definition) is 2. The van der Waals surface area contributed by atoms with Crippen LogP contribution < -0.4 is 18.9 Å². The van der Waals surface area contributed by atoms with Gasteiger partial charge in [-0.1, -0.05) is 30.3 Å². The number of rotatable bonds is 7. The highest BCUT2D eigenvalue weighted by atomic mass is 31.2. The summed E-state index contributed by atoms with van der Waals surface area (Å²) in [6, 6.07) is 17.0. The molecule has 0 fully saturated rings. The molecule has 0 saturated heterocycles. The van der Waals surface area contributed by atoms with Gasteiger partial charge in [-0.2, -0.15) is 0 Å². The van der Waals surface area contributed by atoms with E-state index in [0.29, 0.717) is 64.9 Å². The van der Waals surface area contributed by atoms with Crippen LogP contribution in [0.25, 0.3) is 11.3 Å². The molecule has 0 unspecified atom stereocenters. The number of nitrogens with zero attached hydrogens (tertiary/aromatic N) is 2. The van der Waals surface area contributed by atoms with Gasteiger partial charge in [0.05, 0.1) is 39.8 Å². The van der Waals surface area contributed by atoms with Crippen LogP contribution in [0.15, 0.2) is 59.6 Å². The topological polar surface area (TPSA) is 110 Å². The first-order valence-electron chi connectivity index (χ1n) is 12.5. The Bertz CT molecular complexity index is 1510. The highest BCUT2D eigenvalue weighted by Crippen LogP contribution is 2.53. The van der Waals surface area contributed by atoms with Crippen LogP contribution in [0.5, 0.6) is 23.0 Å². The second-order valence-electron chi connectivity index (χ2n) is 9.19. The number of ether oxygens (including phenoxy) is 4. The first-order valence-corrected chi connectivity index (χ1v) is 14.1. The molecule has 0 atom stereocenters. The Labute approximate surface area is 227 Å². The lowest BCUT2D eigenvalue weighted by Crippen LogP contribution is -2.30. The lowest BCUT2D eigenvalue weighted by Gasteiger charge is -2.36. The quantitative estimate of drug-likeness (QED) is 0.412. The van der Waals surface area contributed by atoms with Gasteiger partial charge in [-0.15, -0.1) is 0 Å². The highest BCUT2D eigenvalue weighted by molar-refractivity contribution is 7.49. The lowest BCUT2D eigenvalue weighted by molar-refractivity contribution is 0.308. The molecule has 2 aliphatic rings. The van der Waals surface area contributed by atoms with Gasteiger partial charge in [0.1, 0.15) is 0 Å². The average molecular weight is 551 g/mol. The predicted octanol–water partition coefficient (Wildman–Crippen LogP) is 4.59. The normalized spacial score (nSPS) is 16.1. The van der Waals surface area contributed by atoms with Gasteiger partial charge >= 0.3 is 7.75 Å². The lowest BCUT2D eigenvalue weighted by atomic mass is 9.85. The fraction of sp³-hybridized carbons (Fsp3) is 0.276. The molecular formula is C29H31N2O7P. The van der Waals surface area contributed by atoms with Crippen LogP contribution in [-0.4, -0.2) is 61.7 Å². The third-order valence-corrected chi connectivity index (χ3v) is 8.11. The van der Waals surface area contributed by atoms with Gasteiger partial charge in [-0.05, 0) is 53.8 Å². The maximum atomic E-state index is 13.0. The minimum Gasteiger partial charge on any atom is -0.493 e. The molecule has 2 aliphatic heterocycles. The number of methoxy groups -OCH3 is 4. The number of benzene rings is 3. The zero-order valence-electron chi connectivity index (χ0n) is 22.3. The Morgan fingerprint density at radius 3 is 1.90 bits per heavy atom. The van der Waals surface area contributed by atoms with Gasteiger partial charge in [-0.3, -0.25) is 9.66 Å². The van der Waals surface area contributed by atoms with Crippen molar-refractivity contribution < 1.29 is 33.3 Å². The maximum Gasteiger partial charge on any atom is 0.430 e. The summed E-state index contributed by atoms with van der Waals surface area (Å²) in [6.07, 6.45) is 1.11. The van der Waals surface area contributed by atoms with Crippen molar-refractivity contribution in [2.45, 2.75) is 12.8 Å². The molecule has 0 aromatic heterocycles. The molecule has 10 heteroatoms. The summed E-state index contributed by atoms with van der Waals surface area (Å²) in [5.74, 6) is 2.18. The number of allylic oxidation sites excluding steroid dienone is 1. The molecule has 2 N–H and O–H groups in total. The third kappa shape index (κ3) is 4.89. The van der Waals surface area contributed by atoms with Crippen LogP contribution in [0.4, 0.5) is 0 Å². The smallest absolute Gasteiger partial charge is 0.430 e. The van der Waals surface area contributed by atoms with E-state index in [1.807, 2.05) is 48.5 Å². The van der Waals surface area contributed by atoms with Gasteiger partial charge < -0.3 is 28.7 Å². The fourth-order valence-corrected chi connectivity index (χ4v) is 6.10. The Morgan fingerprint density at radius 1 is 0.795 bits per heavy atom. The fourth-order valence-electron chi connectivity index (χ4n) is 5.28. The summed E-state index contributed by atoms with van der Waals surface area (Å²) in [7, 11) is 1.55. The van der Waals surface area contributed by atoms with Crippen LogP contribution in [0, 0.1) is 0 Å². The zero-order valence-corrected chi connectivity index (χ0v) is 23.2. The molecule has 5 rings (SSSR count). The van der Waals surface area contributed by atoms with E-state index in [-0.39, 0.29) is 6.54 Å². The van der Waals surface area contributed by atoms with Crippen molar-refractivity contribution in [3.8, 4) is 23.0 Å². The molecular weight excluding hydrogens is 519 g/mol. The largest absolute Gasteiger partial charge is 0.493 e. The summed E-state index contributed by atoms with van der Waals surface area (Å²) in [6.45, 7) is 0.626. The Morgan fingerprint density at radius 2 is 1.33 bits per heavy atom. The molecule has 3 aromatic rings. The van der Waals surface area contributed by atoms with Gasteiger partial charge in [-0.25, -0.2) is 4.57 Å². The van der Waals surface area contributed by atoms with Gasteiger partial charge in [0.25, 0.3) is 0 Å². The monoisotopic (exact) mass is 550 g/mol. The second-order valence-corrected chi connectivity index (χ2v) is 10.7. The Hall–Kier alpha value is -3.78. The standard InChI is InChI=1S/C29H31N2O7P/c1-35-23-14-19-10-12-30-28(21(19)16-25(23)37-3)27(18-8-6-5-7-9-18)29-22-17-26(38-4)24(36-2)15-20(22)11-13-31(29)39(32,33)34/h5-9,14-17H,10-13H2,1-4H3,(H2,32,33,34). The second kappa shape index (κ2) is 10.8. The summed E-state index contributed by atoms with van der Waals surface area (Å²) in [4.78, 5) is 26.1. The number of aliphatic imine (C=N–C) groups is 1. The van der Waals surface area contributed by atoms with Crippen molar-refractivity contribution in [2.75, 3.05) is 41.5 Å². The summed E-state index contributed by atoms with van der Waals surface area (Å²) < 4.78 is 36.4. The van der Waals surface area contributed by atoms with Crippen LogP contribution in [-0.2, 0) is 17.4 Å². The molecule has 39 heavy (non-hydrogen) atoms. The first-order chi connectivity index (χ1) is 18.8. The predicted molar refractivity (Wildman–Crippen MR) is 150 cm³/mol. The molecule has 0 spiro atoms. The van der Waals surface area contributed by atoms with Crippen LogP contribution in [0.3, 0.4) is 0 Å². The van der Waals surface area contributed by atoms with Crippen molar-refractivity contribution in [2.24, 2.45) is 4.99 Å². The van der Waals surface area contributed by atoms with Crippen molar-refractivity contribution in [1.29, 1.82) is 0 Å². The maximum absolute atomic E-state index is 13.0. The summed E-state index contributed by atoms with van der Waals surface area (Å²) >= 11 is 0. The van der Waals surface area contributed by atoms with Crippen LogP contribution in [0.1, 0.15) is 27.8 Å². The molecule has 0 saturated carbocycles. The van der Waals surface area contributed by atoms with Gasteiger partial charge in [0, 0.05) is 29.8 Å². The minimum atomic E-state index is -4.73. The molecule has 0 radical (unpaired) electrons. The van der Waals surface area contributed by atoms with E-state index >= 15 is 0 Å². The van der Waals surface area contributed by atoms with E-state index in [9.17, 15) is 14.4 Å². The van der Waals surface area contributed by atoms with Gasteiger partial charge in [0.2, 0.25) is 0 Å². The van der Waals surface area contributed by atoms with Crippen molar-refractivity contribution in [1.82, 2.24) is 4.67 Å². The van der Waals surface area contributed by atoms with E-state index in [0.717, 1.165) is 22.3 Å². The van der Waals surface area contributed by atoms with E-state index in [1.54, 1.807) is 27.4 Å². The van der Waals surface area contributed by atoms with Crippen LogP contribution in [0.2, 0.25) is 0 Å². The van der Waals surface area contributed by atoms with Gasteiger partial charge in [0.15, 0.2) is 23.0 Å². The Balaban J connectivity index is 1.89. The summed E-state index contributed by atoms with van der Waals surface area (Å²) in [5, 5.41) is 0. The van der Waals surface area contributed by atoms with Crippen molar-refractivity contribution in [3.05, 3.63) is 82.4 Å². The Kier molecular flexibility index (Phi) is 7.40. The van der Waals surface area contributed by atoms with Crippen molar-refractivity contribution >= 4 is 24.7 Å². The van der Waals surface area contributed by atoms with E-state index in [1.165, 1.54) is 11.8 Å². The molecule has 0 amide bonds. The SMILES string of the molecule is COc1cc2c(cc1OC)C(C(=C1c3cc(OC)c(OC)cc3CCN1P(=O)(O)O)c1ccccc1)=NCC2. The van der Waals surface area contributed by atoms with E-state index in [4.69, 9.17) is 23.9 Å². The molecule has 2 heterocycles. The minimum absolute atomic E-state index is 0.116. The molecule has 3 aromatic carbocycles. The van der Waals surface area contributed by atoms with E-state index < -0.39 is 7.75 Å². The molecule has 204 valence electrons. The molecule has 0 aliphatic carbocycles. The van der Waals surface area contributed by atoms with Crippen molar-refractivity contribution in [3.63, 3.8) is 0 Å². The average Bonchev–Trinajstić information content (AvgIpc) is 2.95. The highest BCUT2D eigenvalue weighted by Gasteiger charge is 2.38.